The molecule has 0 fully saturated rings. The molecular weight excluding hydrogens is 193 g/mol. The van der Waals surface area contributed by atoms with E-state index in [-0.39, 0.29) is 12.4 Å². The standard InChI is InChI=1S/C9H10ClN.ClH/c10-8-11-7-6-9-4-2-1-3-5-9;/h1-5,8H,6-7H2;1H/b11-8+;. The van der Waals surface area contributed by atoms with Crippen molar-refractivity contribution in [3.8, 4) is 0 Å². The van der Waals surface area contributed by atoms with E-state index in [1.807, 2.05) is 18.2 Å². The molecule has 0 N–H and O–H groups in total. The molecule has 1 aromatic carbocycles. The van der Waals surface area contributed by atoms with Crippen molar-refractivity contribution in [2.75, 3.05) is 6.54 Å². The van der Waals surface area contributed by atoms with Crippen molar-refractivity contribution < 1.29 is 0 Å². The fourth-order valence-corrected chi connectivity index (χ4v) is 0.985. The van der Waals surface area contributed by atoms with Crippen molar-refractivity contribution in [3.05, 3.63) is 35.9 Å². The van der Waals surface area contributed by atoms with Crippen LogP contribution in [0.25, 0.3) is 0 Å². The van der Waals surface area contributed by atoms with Crippen LogP contribution in [0.4, 0.5) is 0 Å². The molecular formula is C9H11Cl2N. The van der Waals surface area contributed by atoms with E-state index in [0.717, 1.165) is 13.0 Å². The number of rotatable bonds is 3. The smallest absolute Gasteiger partial charge is 0.0871 e. The molecule has 1 aromatic rings. The van der Waals surface area contributed by atoms with Gasteiger partial charge in [-0.25, -0.2) is 0 Å². The summed E-state index contributed by atoms with van der Waals surface area (Å²) in [7, 11) is 0. The van der Waals surface area contributed by atoms with Gasteiger partial charge < -0.3 is 0 Å². The highest BCUT2D eigenvalue weighted by molar-refractivity contribution is 6.56. The number of halogens is 2. The Morgan fingerprint density at radius 3 is 2.50 bits per heavy atom. The monoisotopic (exact) mass is 203 g/mol. The van der Waals surface area contributed by atoms with Crippen LogP contribution in [0.2, 0.25) is 0 Å². The van der Waals surface area contributed by atoms with Crippen molar-refractivity contribution in [2.45, 2.75) is 6.42 Å². The Balaban J connectivity index is 0.00000121. The number of benzene rings is 1. The molecule has 0 spiro atoms. The molecule has 66 valence electrons. The first-order valence-electron chi connectivity index (χ1n) is 3.56. The highest BCUT2D eigenvalue weighted by Gasteiger charge is 1.87. The summed E-state index contributed by atoms with van der Waals surface area (Å²) >= 11 is 5.28. The first-order valence-corrected chi connectivity index (χ1v) is 3.99. The largest absolute Gasteiger partial charge is 0.281 e. The van der Waals surface area contributed by atoms with E-state index in [1.54, 1.807) is 0 Å². The van der Waals surface area contributed by atoms with E-state index in [1.165, 1.54) is 11.2 Å². The van der Waals surface area contributed by atoms with Crippen LogP contribution in [0.5, 0.6) is 0 Å². The Kier molecular flexibility index (Phi) is 6.82. The van der Waals surface area contributed by atoms with Crippen molar-refractivity contribution >= 4 is 29.7 Å². The maximum Gasteiger partial charge on any atom is 0.0871 e. The van der Waals surface area contributed by atoms with Gasteiger partial charge >= 0.3 is 0 Å². The van der Waals surface area contributed by atoms with Gasteiger partial charge in [-0.3, -0.25) is 4.99 Å². The second-order valence-corrected chi connectivity index (χ2v) is 2.43. The van der Waals surface area contributed by atoms with Crippen LogP contribution < -0.4 is 0 Å². The molecule has 0 saturated heterocycles. The molecule has 0 amide bonds. The molecule has 1 nitrogen and oxygen atoms in total. The zero-order valence-electron chi connectivity index (χ0n) is 6.61. The van der Waals surface area contributed by atoms with Gasteiger partial charge in [-0.05, 0) is 12.0 Å². The first-order chi connectivity index (χ1) is 5.43. The van der Waals surface area contributed by atoms with E-state index in [9.17, 15) is 0 Å². The summed E-state index contributed by atoms with van der Waals surface area (Å²) < 4.78 is 0. The van der Waals surface area contributed by atoms with Gasteiger partial charge in [0, 0.05) is 6.54 Å². The summed E-state index contributed by atoms with van der Waals surface area (Å²) in [6.45, 7) is 0.771. The van der Waals surface area contributed by atoms with E-state index in [0.29, 0.717) is 0 Å². The number of hydrogen-bond donors (Lipinski definition) is 0. The lowest BCUT2D eigenvalue weighted by atomic mass is 10.2. The minimum absolute atomic E-state index is 0. The first kappa shape index (κ1) is 11.5. The maximum atomic E-state index is 5.28. The molecule has 1 rings (SSSR count). The van der Waals surface area contributed by atoms with Gasteiger partial charge in [0.25, 0.3) is 0 Å². The molecule has 3 heteroatoms. The Morgan fingerprint density at radius 2 is 1.92 bits per heavy atom. The number of nitrogens with zero attached hydrogens (tertiary/aromatic N) is 1. The molecule has 0 radical (unpaired) electrons. The average molecular weight is 204 g/mol. The van der Waals surface area contributed by atoms with Gasteiger partial charge in [-0.2, -0.15) is 0 Å². The zero-order valence-corrected chi connectivity index (χ0v) is 8.18. The Morgan fingerprint density at radius 1 is 1.25 bits per heavy atom. The molecule has 0 aliphatic carbocycles. The van der Waals surface area contributed by atoms with Crippen LogP contribution in [0.1, 0.15) is 5.56 Å². The molecule has 0 heterocycles. The van der Waals surface area contributed by atoms with Gasteiger partial charge in [0.05, 0.1) is 5.67 Å². The Bertz CT molecular complexity index is 221. The highest BCUT2D eigenvalue weighted by Crippen LogP contribution is 1.98. The normalized spacial score (nSPS) is 9.75. The summed E-state index contributed by atoms with van der Waals surface area (Å²) in [5.74, 6) is 0. The van der Waals surface area contributed by atoms with E-state index in [4.69, 9.17) is 11.6 Å². The fraction of sp³-hybridized carbons (Fsp3) is 0.222. The SMILES string of the molecule is Cl.Cl/C=N/CCc1ccccc1. The molecule has 0 saturated carbocycles. The molecule has 0 unspecified atom stereocenters. The minimum Gasteiger partial charge on any atom is -0.281 e. The van der Waals surface area contributed by atoms with Gasteiger partial charge in [0.2, 0.25) is 0 Å². The number of hydrogen-bond acceptors (Lipinski definition) is 1. The Hall–Kier alpha value is -0.530. The molecule has 0 atom stereocenters. The fourth-order valence-electron chi connectivity index (χ4n) is 0.887. The average Bonchev–Trinajstić information content (AvgIpc) is 2.07. The zero-order chi connectivity index (χ0) is 7.94. The van der Waals surface area contributed by atoms with E-state index >= 15 is 0 Å². The van der Waals surface area contributed by atoms with E-state index < -0.39 is 0 Å². The molecule has 0 aromatic heterocycles. The van der Waals surface area contributed by atoms with Crippen molar-refractivity contribution in [1.29, 1.82) is 0 Å². The maximum absolute atomic E-state index is 5.28. The summed E-state index contributed by atoms with van der Waals surface area (Å²) in [6.07, 6.45) is 0.962. The van der Waals surface area contributed by atoms with E-state index in [2.05, 4.69) is 17.1 Å². The van der Waals surface area contributed by atoms with Crippen molar-refractivity contribution in [3.63, 3.8) is 0 Å². The third-order valence-electron chi connectivity index (χ3n) is 1.44. The van der Waals surface area contributed by atoms with Gasteiger partial charge in [-0.1, -0.05) is 41.9 Å². The van der Waals surface area contributed by atoms with Gasteiger partial charge in [0.15, 0.2) is 0 Å². The molecule has 0 bridgehead atoms. The van der Waals surface area contributed by atoms with Crippen molar-refractivity contribution in [2.24, 2.45) is 4.99 Å². The van der Waals surface area contributed by atoms with Crippen LogP contribution in [0.3, 0.4) is 0 Å². The van der Waals surface area contributed by atoms with Crippen LogP contribution in [0.15, 0.2) is 35.3 Å². The second-order valence-electron chi connectivity index (χ2n) is 2.24. The molecule has 12 heavy (non-hydrogen) atoms. The van der Waals surface area contributed by atoms with Crippen LogP contribution in [0, 0.1) is 0 Å². The van der Waals surface area contributed by atoms with Gasteiger partial charge in [-0.15, -0.1) is 12.4 Å². The minimum atomic E-state index is 0. The predicted molar refractivity (Wildman–Crippen MR) is 56.6 cm³/mol. The second kappa shape index (κ2) is 7.14. The summed E-state index contributed by atoms with van der Waals surface area (Å²) in [5.41, 5.74) is 2.62. The third-order valence-corrected chi connectivity index (χ3v) is 1.58. The topological polar surface area (TPSA) is 12.4 Å². The summed E-state index contributed by atoms with van der Waals surface area (Å²) in [6, 6.07) is 10.2. The lowest BCUT2D eigenvalue weighted by Crippen LogP contribution is -1.87. The highest BCUT2D eigenvalue weighted by atomic mass is 35.5. The molecule has 0 aliphatic heterocycles. The summed E-state index contributed by atoms with van der Waals surface area (Å²) in [4.78, 5) is 3.91. The quantitative estimate of drug-likeness (QED) is 0.671. The Labute approximate surface area is 83.9 Å². The predicted octanol–water partition coefficient (Wildman–Crippen LogP) is 2.92. The number of aliphatic imine (C=N–C) groups is 1. The van der Waals surface area contributed by atoms with Gasteiger partial charge in [0.1, 0.15) is 0 Å². The summed E-state index contributed by atoms with van der Waals surface area (Å²) in [5, 5.41) is 0. The van der Waals surface area contributed by atoms with Crippen LogP contribution >= 0.6 is 24.0 Å². The molecule has 0 aliphatic rings. The van der Waals surface area contributed by atoms with Crippen LogP contribution in [-0.2, 0) is 6.42 Å². The lowest BCUT2D eigenvalue weighted by Gasteiger charge is -1.94. The van der Waals surface area contributed by atoms with Crippen LogP contribution in [-0.4, -0.2) is 12.2 Å². The van der Waals surface area contributed by atoms with Crippen molar-refractivity contribution in [1.82, 2.24) is 0 Å². The third kappa shape index (κ3) is 4.37. The lowest BCUT2D eigenvalue weighted by molar-refractivity contribution is 0.976.